The number of carboxylic acids is 1. The number of carbonyl (C=O) groups excluding carboxylic acids is 1. The van der Waals surface area contributed by atoms with Crippen LogP contribution < -0.4 is 5.32 Å². The average Bonchev–Trinajstić information content (AvgIpc) is 2.14. The van der Waals surface area contributed by atoms with E-state index in [4.69, 9.17) is 11.5 Å². The molecule has 0 aromatic heterocycles. The monoisotopic (exact) mass is 197 g/mol. The van der Waals surface area contributed by atoms with E-state index in [1.165, 1.54) is 6.08 Å². The molecule has 0 unspecified atom stereocenters. The van der Waals surface area contributed by atoms with Crippen LogP contribution in [0.15, 0.2) is 12.7 Å². The predicted octanol–water partition coefficient (Wildman–Crippen LogP) is 0.375. The molecule has 0 saturated carbocycles. The molecule has 76 valence electrons. The second-order valence-corrected chi connectivity index (χ2v) is 2.33. The summed E-state index contributed by atoms with van der Waals surface area (Å²) in [4.78, 5) is 21.4. The summed E-state index contributed by atoms with van der Waals surface area (Å²) in [6.45, 7) is 3.35. The number of terminal acetylenes is 1. The number of nitrogens with one attached hydrogen (secondary N) is 1. The van der Waals surface area contributed by atoms with Crippen LogP contribution in [-0.4, -0.2) is 29.8 Å². The molecular weight excluding hydrogens is 186 g/mol. The first kappa shape index (κ1) is 12.0. The van der Waals surface area contributed by atoms with Gasteiger partial charge in [-0.1, -0.05) is 12.7 Å². The van der Waals surface area contributed by atoms with Gasteiger partial charge >= 0.3 is 12.1 Å². The first-order valence-corrected chi connectivity index (χ1v) is 3.82. The van der Waals surface area contributed by atoms with E-state index in [-0.39, 0.29) is 13.0 Å². The topological polar surface area (TPSA) is 75.6 Å². The number of aliphatic carboxylic acids is 1. The predicted molar refractivity (Wildman–Crippen MR) is 49.6 cm³/mol. The zero-order valence-electron chi connectivity index (χ0n) is 7.53. The Kier molecular flexibility index (Phi) is 5.63. The highest BCUT2D eigenvalue weighted by atomic mass is 16.5. The quantitative estimate of drug-likeness (QED) is 0.493. The minimum atomic E-state index is -1.20. The molecule has 0 heterocycles. The zero-order valence-corrected chi connectivity index (χ0v) is 7.53. The molecule has 0 fully saturated rings. The van der Waals surface area contributed by atoms with Crippen LogP contribution in [0.3, 0.4) is 0 Å². The van der Waals surface area contributed by atoms with E-state index < -0.39 is 18.1 Å². The molecule has 0 spiro atoms. The molecule has 1 amide bonds. The SMILES string of the molecule is C#CC[C@H](NC(=O)OCC=C)C(=O)O. The maximum atomic E-state index is 10.9. The van der Waals surface area contributed by atoms with Crippen LogP contribution in [0.1, 0.15) is 6.42 Å². The number of carboxylic acid groups (broad SMARTS) is 1. The third-order valence-corrected chi connectivity index (χ3v) is 1.24. The van der Waals surface area contributed by atoms with Crippen LogP contribution >= 0.6 is 0 Å². The van der Waals surface area contributed by atoms with Gasteiger partial charge in [-0.15, -0.1) is 12.3 Å². The Bertz CT molecular complexity index is 266. The van der Waals surface area contributed by atoms with Gasteiger partial charge in [0, 0.05) is 6.42 Å². The molecule has 2 N–H and O–H groups in total. The van der Waals surface area contributed by atoms with Crippen molar-refractivity contribution < 1.29 is 19.4 Å². The number of ether oxygens (including phenoxy) is 1. The smallest absolute Gasteiger partial charge is 0.408 e. The van der Waals surface area contributed by atoms with Gasteiger partial charge in [0.05, 0.1) is 0 Å². The lowest BCUT2D eigenvalue weighted by molar-refractivity contribution is -0.139. The molecule has 0 aliphatic rings. The molecule has 0 bridgehead atoms. The number of rotatable bonds is 5. The Morgan fingerprint density at radius 2 is 2.36 bits per heavy atom. The zero-order chi connectivity index (χ0) is 11.0. The lowest BCUT2D eigenvalue weighted by Gasteiger charge is -2.10. The molecule has 0 aliphatic heterocycles. The van der Waals surface area contributed by atoms with Gasteiger partial charge in [-0.2, -0.15) is 0 Å². The Labute approximate surface area is 81.7 Å². The minimum absolute atomic E-state index is 0.0220. The number of carbonyl (C=O) groups is 2. The third-order valence-electron chi connectivity index (χ3n) is 1.24. The number of hydrogen-bond donors (Lipinski definition) is 2. The first-order valence-electron chi connectivity index (χ1n) is 3.82. The maximum absolute atomic E-state index is 10.9. The molecule has 1 atom stereocenters. The Morgan fingerprint density at radius 1 is 1.71 bits per heavy atom. The van der Waals surface area contributed by atoms with Crippen LogP contribution in [0, 0.1) is 12.3 Å². The second kappa shape index (κ2) is 6.54. The minimum Gasteiger partial charge on any atom is -0.480 e. The van der Waals surface area contributed by atoms with Crippen LogP contribution in [0.5, 0.6) is 0 Å². The fourth-order valence-electron chi connectivity index (χ4n) is 0.636. The van der Waals surface area contributed by atoms with Crippen molar-refractivity contribution in [2.24, 2.45) is 0 Å². The molecule has 0 saturated heterocycles. The first-order chi connectivity index (χ1) is 6.61. The molecule has 5 heteroatoms. The summed E-state index contributed by atoms with van der Waals surface area (Å²) in [6, 6.07) is -1.11. The lowest BCUT2D eigenvalue weighted by atomic mass is 10.2. The molecule has 5 nitrogen and oxygen atoms in total. The van der Waals surface area contributed by atoms with Crippen LogP contribution in [-0.2, 0) is 9.53 Å². The number of alkyl carbamates (subject to hydrolysis) is 1. The standard InChI is InChI=1S/C9H11NO4/c1-3-5-7(8(11)12)10-9(13)14-6-4-2/h1,4,7H,2,5-6H2,(H,10,13)(H,11,12)/t7-/m0/s1. The summed E-state index contributed by atoms with van der Waals surface area (Å²) < 4.78 is 4.52. The Hall–Kier alpha value is -1.96. The Morgan fingerprint density at radius 3 is 2.79 bits per heavy atom. The summed E-state index contributed by atoms with van der Waals surface area (Å²) in [6.07, 6.45) is 5.38. The highest BCUT2D eigenvalue weighted by molar-refractivity contribution is 5.80. The fourth-order valence-corrected chi connectivity index (χ4v) is 0.636. The van der Waals surface area contributed by atoms with E-state index >= 15 is 0 Å². The van der Waals surface area contributed by atoms with Gasteiger partial charge in [-0.3, -0.25) is 0 Å². The summed E-state index contributed by atoms with van der Waals surface area (Å²) in [7, 11) is 0. The summed E-state index contributed by atoms with van der Waals surface area (Å²) in [5.74, 6) is 0.943. The van der Waals surface area contributed by atoms with Crippen LogP contribution in [0.25, 0.3) is 0 Å². The van der Waals surface area contributed by atoms with Gasteiger partial charge in [0.2, 0.25) is 0 Å². The van der Waals surface area contributed by atoms with E-state index in [0.717, 1.165) is 0 Å². The summed E-state index contributed by atoms with van der Waals surface area (Å²) >= 11 is 0. The lowest BCUT2D eigenvalue weighted by Crippen LogP contribution is -2.40. The normalized spacial score (nSPS) is 10.8. The summed E-state index contributed by atoms with van der Waals surface area (Å²) in [5.41, 5.74) is 0. The largest absolute Gasteiger partial charge is 0.480 e. The molecule has 0 aliphatic carbocycles. The van der Waals surface area contributed by atoms with E-state index in [1.54, 1.807) is 0 Å². The van der Waals surface area contributed by atoms with Gasteiger partial charge < -0.3 is 15.2 Å². The Balaban J connectivity index is 4.03. The number of hydrogen-bond acceptors (Lipinski definition) is 3. The van der Waals surface area contributed by atoms with Crippen molar-refractivity contribution in [1.82, 2.24) is 5.32 Å². The van der Waals surface area contributed by atoms with Gasteiger partial charge in [-0.25, -0.2) is 9.59 Å². The molecular formula is C9H11NO4. The van der Waals surface area contributed by atoms with Crippen molar-refractivity contribution in [3.63, 3.8) is 0 Å². The van der Waals surface area contributed by atoms with Gasteiger partial charge in [0.25, 0.3) is 0 Å². The fraction of sp³-hybridized carbons (Fsp3) is 0.333. The van der Waals surface area contributed by atoms with Crippen LogP contribution in [0.4, 0.5) is 4.79 Å². The third kappa shape index (κ3) is 4.83. The highest BCUT2D eigenvalue weighted by Gasteiger charge is 2.18. The molecule has 0 aromatic carbocycles. The maximum Gasteiger partial charge on any atom is 0.408 e. The summed E-state index contributed by atoms with van der Waals surface area (Å²) in [5, 5.41) is 10.7. The van der Waals surface area contributed by atoms with Gasteiger partial charge in [0.1, 0.15) is 12.6 Å². The van der Waals surface area contributed by atoms with Crippen molar-refractivity contribution in [3.05, 3.63) is 12.7 Å². The van der Waals surface area contributed by atoms with Crippen molar-refractivity contribution in [3.8, 4) is 12.3 Å². The van der Waals surface area contributed by atoms with Gasteiger partial charge in [-0.05, 0) is 0 Å². The van der Waals surface area contributed by atoms with E-state index in [9.17, 15) is 9.59 Å². The highest BCUT2D eigenvalue weighted by Crippen LogP contribution is 1.92. The van der Waals surface area contributed by atoms with E-state index in [0.29, 0.717) is 0 Å². The van der Waals surface area contributed by atoms with Crippen molar-refractivity contribution in [2.45, 2.75) is 12.5 Å². The molecule has 0 radical (unpaired) electrons. The van der Waals surface area contributed by atoms with E-state index in [1.807, 2.05) is 0 Å². The molecule has 0 aromatic rings. The molecule has 14 heavy (non-hydrogen) atoms. The van der Waals surface area contributed by atoms with Crippen molar-refractivity contribution >= 4 is 12.1 Å². The number of amides is 1. The molecule has 0 rings (SSSR count). The second-order valence-electron chi connectivity index (χ2n) is 2.33. The van der Waals surface area contributed by atoms with Crippen molar-refractivity contribution in [2.75, 3.05) is 6.61 Å². The average molecular weight is 197 g/mol. The van der Waals surface area contributed by atoms with E-state index in [2.05, 4.69) is 22.6 Å². The van der Waals surface area contributed by atoms with Gasteiger partial charge in [0.15, 0.2) is 0 Å². The van der Waals surface area contributed by atoms with Crippen molar-refractivity contribution in [1.29, 1.82) is 0 Å². The van der Waals surface area contributed by atoms with Crippen LogP contribution in [0.2, 0.25) is 0 Å².